The molecule has 8 heteroatoms. The quantitative estimate of drug-likeness (QED) is 0.448. The van der Waals surface area contributed by atoms with Crippen LogP contribution in [0.3, 0.4) is 0 Å². The fourth-order valence-corrected chi connectivity index (χ4v) is 3.40. The van der Waals surface area contributed by atoms with Gasteiger partial charge in [-0.15, -0.1) is 0 Å². The number of benzene rings is 1. The van der Waals surface area contributed by atoms with Crippen molar-refractivity contribution < 1.29 is 27.5 Å². The minimum absolute atomic E-state index is 0.0327. The lowest BCUT2D eigenvalue weighted by atomic mass is 10.0. The van der Waals surface area contributed by atoms with E-state index in [0.29, 0.717) is 11.4 Å². The number of halogens is 3. The molecule has 1 aliphatic carbocycles. The van der Waals surface area contributed by atoms with Crippen molar-refractivity contribution >= 4 is 17.7 Å². The van der Waals surface area contributed by atoms with Crippen molar-refractivity contribution in [2.24, 2.45) is 0 Å². The van der Waals surface area contributed by atoms with Gasteiger partial charge in [-0.2, -0.15) is 13.2 Å². The van der Waals surface area contributed by atoms with Crippen molar-refractivity contribution in [2.75, 3.05) is 11.4 Å². The highest BCUT2D eigenvalue weighted by atomic mass is 19.4. The summed E-state index contributed by atoms with van der Waals surface area (Å²) >= 11 is 0. The fourth-order valence-electron chi connectivity index (χ4n) is 3.40. The number of rotatable bonds is 6. The van der Waals surface area contributed by atoms with Crippen molar-refractivity contribution in [3.8, 4) is 0 Å². The van der Waals surface area contributed by atoms with Crippen molar-refractivity contribution in [3.63, 3.8) is 0 Å². The fraction of sp³-hybridized carbons (Fsp3) is 0.346. The number of anilines is 1. The number of Topliss-reactive ketones (excluding diaryl/α,β-unsaturated/α-hetero) is 1. The second-order valence-electron chi connectivity index (χ2n) is 9.03. The van der Waals surface area contributed by atoms with Gasteiger partial charge in [0.15, 0.2) is 5.78 Å². The molecule has 0 unspecified atom stereocenters. The van der Waals surface area contributed by atoms with Crippen molar-refractivity contribution in [1.29, 1.82) is 0 Å². The van der Waals surface area contributed by atoms with Gasteiger partial charge in [0.2, 0.25) is 0 Å². The van der Waals surface area contributed by atoms with Crippen LogP contribution < -0.4 is 4.90 Å². The summed E-state index contributed by atoms with van der Waals surface area (Å²) in [6.07, 6.45) is 4.03. The molecule has 0 saturated heterocycles. The van der Waals surface area contributed by atoms with Crippen LogP contribution in [-0.2, 0) is 17.3 Å². The van der Waals surface area contributed by atoms with Gasteiger partial charge in [-0.3, -0.25) is 9.69 Å². The summed E-state index contributed by atoms with van der Waals surface area (Å²) in [7, 11) is 0. The van der Waals surface area contributed by atoms with Gasteiger partial charge in [0.1, 0.15) is 11.4 Å². The highest BCUT2D eigenvalue weighted by molar-refractivity contribution is 5.98. The number of carbonyl (C=O) groups excluding carboxylic acids is 2. The molecule has 3 rings (SSSR count). The van der Waals surface area contributed by atoms with Gasteiger partial charge in [-0.25, -0.2) is 9.78 Å². The standard InChI is InChI=1S/C26H27F3N2O3/c1-25(2,3)34-24(33)31(17-18-8-5-4-6-9-18)23-15-19(12-13-30-23)14-22(32)20-10-7-11-21(16-20)26(27,28)29/h5,7-13,15-16H,4,6,14,17H2,1-3H3. The Morgan fingerprint density at radius 1 is 1.09 bits per heavy atom. The Kier molecular flexibility index (Phi) is 7.59. The van der Waals surface area contributed by atoms with Crippen LogP contribution in [0.15, 0.2) is 66.4 Å². The predicted octanol–water partition coefficient (Wildman–Crippen LogP) is 6.54. The molecular weight excluding hydrogens is 445 g/mol. The second kappa shape index (κ2) is 10.2. The van der Waals surface area contributed by atoms with E-state index in [4.69, 9.17) is 4.74 Å². The van der Waals surface area contributed by atoms with E-state index in [1.54, 1.807) is 32.9 Å². The predicted molar refractivity (Wildman–Crippen MR) is 124 cm³/mol. The van der Waals surface area contributed by atoms with E-state index in [0.717, 1.165) is 30.5 Å². The number of alkyl halides is 3. The molecule has 0 fully saturated rings. The first kappa shape index (κ1) is 25.2. The summed E-state index contributed by atoms with van der Waals surface area (Å²) in [6, 6.07) is 7.52. The lowest BCUT2D eigenvalue weighted by Crippen LogP contribution is -2.38. The number of hydrogen-bond donors (Lipinski definition) is 0. The van der Waals surface area contributed by atoms with Crippen LogP contribution in [0.4, 0.5) is 23.8 Å². The van der Waals surface area contributed by atoms with E-state index in [-0.39, 0.29) is 18.5 Å². The van der Waals surface area contributed by atoms with E-state index in [1.165, 1.54) is 23.2 Å². The zero-order valence-corrected chi connectivity index (χ0v) is 19.4. The number of carbonyl (C=O) groups is 2. The van der Waals surface area contributed by atoms with E-state index < -0.39 is 29.2 Å². The first-order valence-corrected chi connectivity index (χ1v) is 10.9. The molecule has 0 spiro atoms. The normalized spacial score (nSPS) is 13.9. The average molecular weight is 473 g/mol. The van der Waals surface area contributed by atoms with Crippen molar-refractivity contribution in [1.82, 2.24) is 4.98 Å². The summed E-state index contributed by atoms with van der Waals surface area (Å²) in [5.74, 6) is -0.173. The number of aromatic nitrogens is 1. The largest absolute Gasteiger partial charge is 0.443 e. The molecule has 1 aliphatic rings. The molecule has 34 heavy (non-hydrogen) atoms. The number of ketones is 1. The summed E-state index contributed by atoms with van der Waals surface area (Å²) in [6.45, 7) is 5.53. The third kappa shape index (κ3) is 7.04. The zero-order chi connectivity index (χ0) is 24.9. The molecule has 0 aliphatic heterocycles. The van der Waals surface area contributed by atoms with E-state index in [1.807, 2.05) is 18.2 Å². The lowest BCUT2D eigenvalue weighted by Gasteiger charge is -2.27. The number of ether oxygens (including phenoxy) is 1. The molecule has 1 aromatic heterocycles. The van der Waals surface area contributed by atoms with Gasteiger partial charge < -0.3 is 4.74 Å². The van der Waals surface area contributed by atoms with Gasteiger partial charge >= 0.3 is 12.3 Å². The van der Waals surface area contributed by atoms with Crippen LogP contribution in [0.1, 0.15) is 55.1 Å². The maximum Gasteiger partial charge on any atom is 0.416 e. The maximum atomic E-state index is 13.0. The third-order valence-corrected chi connectivity index (χ3v) is 4.99. The Hall–Kier alpha value is -3.42. The van der Waals surface area contributed by atoms with Crippen LogP contribution >= 0.6 is 0 Å². The highest BCUT2D eigenvalue weighted by Crippen LogP contribution is 2.30. The molecule has 1 amide bonds. The second-order valence-corrected chi connectivity index (χ2v) is 9.03. The monoisotopic (exact) mass is 472 g/mol. The Balaban J connectivity index is 1.85. The molecule has 2 aromatic rings. The van der Waals surface area contributed by atoms with Gasteiger partial charge in [-0.05, 0) is 69.0 Å². The molecule has 5 nitrogen and oxygen atoms in total. The minimum atomic E-state index is -4.53. The highest BCUT2D eigenvalue weighted by Gasteiger charge is 2.31. The number of pyridine rings is 1. The van der Waals surface area contributed by atoms with Crippen LogP contribution in [0.5, 0.6) is 0 Å². The summed E-state index contributed by atoms with van der Waals surface area (Å²) < 4.78 is 44.6. The first-order valence-electron chi connectivity index (χ1n) is 10.9. The van der Waals surface area contributed by atoms with Gasteiger partial charge in [-0.1, -0.05) is 30.4 Å². The molecule has 0 saturated carbocycles. The summed E-state index contributed by atoms with van der Waals surface area (Å²) in [5, 5.41) is 0. The Bertz CT molecular complexity index is 1110. The number of hydrogen-bond acceptors (Lipinski definition) is 4. The maximum absolute atomic E-state index is 13.0. The van der Waals surface area contributed by atoms with Crippen LogP contribution in [0.2, 0.25) is 0 Å². The van der Waals surface area contributed by atoms with Crippen LogP contribution in [0.25, 0.3) is 0 Å². The third-order valence-electron chi connectivity index (χ3n) is 4.99. The van der Waals surface area contributed by atoms with Crippen LogP contribution in [-0.4, -0.2) is 29.0 Å². The zero-order valence-electron chi connectivity index (χ0n) is 19.4. The molecule has 0 N–H and O–H groups in total. The van der Waals surface area contributed by atoms with Crippen molar-refractivity contribution in [3.05, 3.63) is 83.1 Å². The Labute approximate surface area is 196 Å². The van der Waals surface area contributed by atoms with Gasteiger partial charge in [0, 0.05) is 18.2 Å². The molecule has 180 valence electrons. The molecule has 0 bridgehead atoms. The molecule has 1 aromatic carbocycles. The summed E-state index contributed by atoms with van der Waals surface area (Å²) in [4.78, 5) is 31.4. The van der Waals surface area contributed by atoms with E-state index >= 15 is 0 Å². The lowest BCUT2D eigenvalue weighted by molar-refractivity contribution is -0.137. The van der Waals surface area contributed by atoms with Gasteiger partial charge in [0.25, 0.3) is 0 Å². The average Bonchev–Trinajstić information content (AvgIpc) is 2.76. The Morgan fingerprint density at radius 3 is 2.50 bits per heavy atom. The van der Waals surface area contributed by atoms with Crippen molar-refractivity contribution in [2.45, 2.75) is 51.8 Å². The molecular formula is C26H27F3N2O3. The molecule has 0 radical (unpaired) electrons. The number of amides is 1. The minimum Gasteiger partial charge on any atom is -0.443 e. The first-order chi connectivity index (χ1) is 15.9. The SMILES string of the molecule is CC(C)(C)OC(=O)N(CC1=CCCC=C1)c1cc(CC(=O)c2cccc(C(F)(F)F)c2)ccn1. The molecule has 0 atom stereocenters. The topological polar surface area (TPSA) is 59.5 Å². The summed E-state index contributed by atoms with van der Waals surface area (Å²) in [5.41, 5.74) is -0.171. The molecule has 1 heterocycles. The Morgan fingerprint density at radius 2 is 1.85 bits per heavy atom. The number of nitrogens with zero attached hydrogens (tertiary/aromatic N) is 2. The van der Waals surface area contributed by atoms with E-state index in [2.05, 4.69) is 4.98 Å². The van der Waals surface area contributed by atoms with Gasteiger partial charge in [0.05, 0.1) is 12.1 Å². The van der Waals surface area contributed by atoms with Crippen LogP contribution in [0, 0.1) is 0 Å². The smallest absolute Gasteiger partial charge is 0.416 e. The number of allylic oxidation sites excluding steroid dienone is 2. The van der Waals surface area contributed by atoms with E-state index in [9.17, 15) is 22.8 Å².